The topological polar surface area (TPSA) is 87.4 Å². The van der Waals surface area contributed by atoms with Crippen LogP contribution >= 0.6 is 12.2 Å². The highest BCUT2D eigenvalue weighted by atomic mass is 32.1. The molecule has 1 amide bonds. The molecule has 0 atom stereocenters. The molecule has 0 aliphatic carbocycles. The van der Waals surface area contributed by atoms with E-state index in [0.29, 0.717) is 33.8 Å². The van der Waals surface area contributed by atoms with Crippen molar-refractivity contribution in [3.8, 4) is 17.2 Å². The van der Waals surface area contributed by atoms with Gasteiger partial charge in [-0.2, -0.15) is 0 Å². The molecule has 3 aromatic carbocycles. The number of nitrogens with zero attached hydrogens (tertiary/aromatic N) is 1. The quantitative estimate of drug-likeness (QED) is 0.239. The minimum absolute atomic E-state index is 0.0675. The van der Waals surface area contributed by atoms with Gasteiger partial charge in [-0.1, -0.05) is 42.5 Å². The fraction of sp³-hybridized carbons (Fsp3) is 0.0417. The van der Waals surface area contributed by atoms with Gasteiger partial charge in [-0.3, -0.25) is 10.1 Å². The van der Waals surface area contributed by atoms with Crippen molar-refractivity contribution in [3.63, 3.8) is 0 Å². The molecule has 31 heavy (non-hydrogen) atoms. The van der Waals surface area contributed by atoms with Crippen LogP contribution in [0.1, 0.15) is 11.1 Å². The van der Waals surface area contributed by atoms with Crippen LogP contribution in [0, 0.1) is 6.92 Å². The van der Waals surface area contributed by atoms with Gasteiger partial charge in [0.2, 0.25) is 11.8 Å². The Hall–Kier alpha value is -3.97. The number of rotatable bonds is 4. The third kappa shape index (κ3) is 4.79. The summed E-state index contributed by atoms with van der Waals surface area (Å²) in [6.45, 7) is 1.76. The summed E-state index contributed by atoms with van der Waals surface area (Å²) in [4.78, 5) is 16.6. The van der Waals surface area contributed by atoms with Gasteiger partial charge in [0, 0.05) is 11.8 Å². The van der Waals surface area contributed by atoms with Crippen LogP contribution in [0.3, 0.4) is 0 Å². The number of hydrogen-bond donors (Lipinski definition) is 3. The van der Waals surface area contributed by atoms with Crippen LogP contribution in [0.15, 0.2) is 77.2 Å². The molecule has 3 N–H and O–H groups in total. The van der Waals surface area contributed by atoms with E-state index in [-0.39, 0.29) is 16.8 Å². The predicted octanol–water partition coefficient (Wildman–Crippen LogP) is 5.04. The summed E-state index contributed by atoms with van der Waals surface area (Å²) in [6, 6.07) is 20.2. The van der Waals surface area contributed by atoms with E-state index in [9.17, 15) is 9.90 Å². The Morgan fingerprint density at radius 2 is 1.84 bits per heavy atom. The molecule has 7 heteroatoms. The number of carbonyl (C=O) groups is 1. The SMILES string of the molecule is Cc1cc(NC(=S)NC(=O)/C=C/c2ccccc2)cc(-c2nc3ccccc3o2)c1O. The van der Waals surface area contributed by atoms with Crippen molar-refractivity contribution in [2.24, 2.45) is 0 Å². The summed E-state index contributed by atoms with van der Waals surface area (Å²) < 4.78 is 5.78. The summed E-state index contributed by atoms with van der Waals surface area (Å²) in [5.74, 6) is 0.0140. The van der Waals surface area contributed by atoms with E-state index in [1.807, 2.05) is 54.6 Å². The largest absolute Gasteiger partial charge is 0.507 e. The molecular weight excluding hydrogens is 410 g/mol. The number of aromatic hydroxyl groups is 1. The van der Waals surface area contributed by atoms with E-state index in [1.54, 1.807) is 25.1 Å². The number of oxazole rings is 1. The third-order valence-electron chi connectivity index (χ3n) is 4.55. The van der Waals surface area contributed by atoms with Gasteiger partial charge >= 0.3 is 0 Å². The van der Waals surface area contributed by atoms with E-state index < -0.39 is 0 Å². The highest BCUT2D eigenvalue weighted by Gasteiger charge is 2.16. The first-order valence-corrected chi connectivity index (χ1v) is 9.95. The Balaban J connectivity index is 1.50. The number of para-hydroxylation sites is 2. The maximum Gasteiger partial charge on any atom is 0.250 e. The lowest BCUT2D eigenvalue weighted by molar-refractivity contribution is -0.115. The van der Waals surface area contributed by atoms with E-state index in [1.165, 1.54) is 6.08 Å². The zero-order valence-corrected chi connectivity index (χ0v) is 17.4. The summed E-state index contributed by atoms with van der Waals surface area (Å²) in [7, 11) is 0. The normalized spacial score (nSPS) is 11.0. The molecule has 0 bridgehead atoms. The number of aryl methyl sites for hydroxylation is 1. The number of carbonyl (C=O) groups excluding carboxylic acids is 1. The highest BCUT2D eigenvalue weighted by molar-refractivity contribution is 7.80. The average molecular weight is 430 g/mol. The molecule has 0 spiro atoms. The summed E-state index contributed by atoms with van der Waals surface area (Å²) in [5.41, 5.74) is 3.86. The molecule has 0 saturated carbocycles. The lowest BCUT2D eigenvalue weighted by atomic mass is 10.1. The second-order valence-electron chi connectivity index (χ2n) is 6.86. The van der Waals surface area contributed by atoms with Crippen LogP contribution in [-0.2, 0) is 4.79 Å². The van der Waals surface area contributed by atoms with Crippen molar-refractivity contribution >= 4 is 46.1 Å². The smallest absolute Gasteiger partial charge is 0.250 e. The fourth-order valence-corrected chi connectivity index (χ4v) is 3.27. The first kappa shape index (κ1) is 20.3. The first-order chi connectivity index (χ1) is 15.0. The number of nitrogens with one attached hydrogen (secondary N) is 2. The third-order valence-corrected chi connectivity index (χ3v) is 4.75. The lowest BCUT2D eigenvalue weighted by Crippen LogP contribution is -2.32. The number of phenolic OH excluding ortho intramolecular Hbond substituents is 1. The minimum Gasteiger partial charge on any atom is -0.507 e. The minimum atomic E-state index is -0.351. The van der Waals surface area contributed by atoms with Crippen LogP contribution in [-0.4, -0.2) is 21.1 Å². The van der Waals surface area contributed by atoms with Crippen molar-refractivity contribution in [3.05, 3.63) is 83.9 Å². The van der Waals surface area contributed by atoms with Crippen LogP contribution in [0.2, 0.25) is 0 Å². The summed E-state index contributed by atoms with van der Waals surface area (Å²) in [5, 5.41) is 16.2. The summed E-state index contributed by atoms with van der Waals surface area (Å²) >= 11 is 5.25. The summed E-state index contributed by atoms with van der Waals surface area (Å²) in [6.07, 6.45) is 3.11. The fourth-order valence-electron chi connectivity index (χ4n) is 3.05. The van der Waals surface area contributed by atoms with Crippen LogP contribution < -0.4 is 10.6 Å². The molecule has 0 aliphatic rings. The number of anilines is 1. The molecule has 4 aromatic rings. The number of fused-ring (bicyclic) bond motifs is 1. The van der Waals surface area contributed by atoms with Gasteiger partial charge in [0.25, 0.3) is 0 Å². The van der Waals surface area contributed by atoms with E-state index in [0.717, 1.165) is 5.56 Å². The molecule has 1 aromatic heterocycles. The molecule has 0 aliphatic heterocycles. The van der Waals surface area contributed by atoms with Crippen molar-refractivity contribution in [1.82, 2.24) is 10.3 Å². The van der Waals surface area contributed by atoms with E-state index in [2.05, 4.69) is 15.6 Å². The van der Waals surface area contributed by atoms with Gasteiger partial charge in [0.05, 0.1) is 5.56 Å². The Morgan fingerprint density at radius 3 is 2.61 bits per heavy atom. The van der Waals surface area contributed by atoms with Gasteiger partial charge < -0.3 is 14.8 Å². The van der Waals surface area contributed by atoms with Gasteiger partial charge in [-0.05, 0) is 60.6 Å². The monoisotopic (exact) mass is 429 g/mol. The number of aromatic nitrogens is 1. The molecular formula is C24H19N3O3S. The van der Waals surface area contributed by atoms with Crippen molar-refractivity contribution in [1.29, 1.82) is 0 Å². The van der Waals surface area contributed by atoms with Gasteiger partial charge in [0.1, 0.15) is 11.3 Å². The second-order valence-corrected chi connectivity index (χ2v) is 7.27. The molecule has 154 valence electrons. The first-order valence-electron chi connectivity index (χ1n) is 9.54. The zero-order chi connectivity index (χ0) is 21.8. The highest BCUT2D eigenvalue weighted by Crippen LogP contribution is 2.36. The van der Waals surface area contributed by atoms with E-state index >= 15 is 0 Å². The molecule has 1 heterocycles. The van der Waals surface area contributed by atoms with Gasteiger partial charge in [0.15, 0.2) is 10.7 Å². The van der Waals surface area contributed by atoms with Gasteiger partial charge in [-0.15, -0.1) is 0 Å². The predicted molar refractivity (Wildman–Crippen MR) is 126 cm³/mol. The maximum atomic E-state index is 12.1. The Kier molecular flexibility index (Phi) is 5.77. The second kappa shape index (κ2) is 8.81. The van der Waals surface area contributed by atoms with Crippen LogP contribution in [0.25, 0.3) is 28.6 Å². The number of phenols is 1. The number of amides is 1. The molecule has 6 nitrogen and oxygen atoms in total. The Bertz CT molecular complexity index is 1260. The van der Waals surface area contributed by atoms with Gasteiger partial charge in [-0.25, -0.2) is 4.98 Å². The Labute approximate surface area is 184 Å². The Morgan fingerprint density at radius 1 is 1.10 bits per heavy atom. The van der Waals surface area contributed by atoms with Crippen LogP contribution in [0.4, 0.5) is 5.69 Å². The van der Waals surface area contributed by atoms with Crippen molar-refractivity contribution < 1.29 is 14.3 Å². The molecule has 0 fully saturated rings. The standard InChI is InChI=1S/C24H19N3O3S/c1-15-13-17(25-24(31)27-21(28)12-11-16-7-3-2-4-8-16)14-18(22(15)29)23-26-19-9-5-6-10-20(19)30-23/h2-14,29H,1H3,(H2,25,27,28,31)/b12-11+. The average Bonchev–Trinajstić information content (AvgIpc) is 3.19. The van der Waals surface area contributed by atoms with Crippen molar-refractivity contribution in [2.75, 3.05) is 5.32 Å². The zero-order valence-electron chi connectivity index (χ0n) is 16.6. The lowest BCUT2D eigenvalue weighted by Gasteiger charge is -2.12. The molecule has 0 unspecified atom stereocenters. The molecule has 4 rings (SSSR count). The number of thiocarbonyl (C=S) groups is 1. The van der Waals surface area contributed by atoms with E-state index in [4.69, 9.17) is 16.6 Å². The number of benzene rings is 3. The maximum absolute atomic E-state index is 12.1. The molecule has 0 saturated heterocycles. The van der Waals surface area contributed by atoms with Crippen LogP contribution in [0.5, 0.6) is 5.75 Å². The van der Waals surface area contributed by atoms with Crippen molar-refractivity contribution in [2.45, 2.75) is 6.92 Å². The molecule has 0 radical (unpaired) electrons. The number of hydrogen-bond acceptors (Lipinski definition) is 5.